The van der Waals surface area contributed by atoms with Gasteiger partial charge in [-0.2, -0.15) is 26.6 Å². The fraction of sp³-hybridized carbons (Fsp3) is 0.0588. The Morgan fingerprint density at radius 3 is 2.27 bits per heavy atom. The first-order chi connectivity index (χ1) is 15.2. The number of nitrogens with two attached hydrogens (primary N) is 1. The Hall–Kier alpha value is -3.86. The number of aryl methyl sites for hydroxylation is 1. The van der Waals surface area contributed by atoms with E-state index in [1.807, 2.05) is 0 Å². The van der Waals surface area contributed by atoms with Crippen LogP contribution < -0.4 is 5.73 Å². The lowest BCUT2D eigenvalue weighted by Crippen LogP contribution is -2.05. The van der Waals surface area contributed by atoms with E-state index in [1.165, 1.54) is 19.1 Å². The Kier molecular flexibility index (Phi) is 5.95. The summed E-state index contributed by atoms with van der Waals surface area (Å²) in [4.78, 5) is 10.4. The van der Waals surface area contributed by atoms with Gasteiger partial charge in [0.15, 0.2) is 5.69 Å². The zero-order valence-electron chi connectivity index (χ0n) is 16.5. The minimum Gasteiger partial charge on any atom is -0.492 e. The molecule has 174 valence electrons. The summed E-state index contributed by atoms with van der Waals surface area (Å²) in [5.74, 6) is -2.53. The Morgan fingerprint density at radius 1 is 1.03 bits per heavy atom. The van der Waals surface area contributed by atoms with Gasteiger partial charge in [0.2, 0.25) is 11.6 Å². The van der Waals surface area contributed by atoms with Crippen LogP contribution >= 0.6 is 0 Å². The lowest BCUT2D eigenvalue weighted by molar-refractivity contribution is 0.0690. The lowest BCUT2D eigenvalue weighted by Gasteiger charge is -2.08. The molecule has 0 spiro atoms. The summed E-state index contributed by atoms with van der Waals surface area (Å²) in [6.07, 6.45) is 0. The average molecular weight is 497 g/mol. The lowest BCUT2D eigenvalue weighted by atomic mass is 10.2. The van der Waals surface area contributed by atoms with Crippen molar-refractivity contribution in [1.29, 1.82) is 0 Å². The number of aromatic hydroxyl groups is 1. The maximum atomic E-state index is 11.6. The number of hydrogen-bond acceptors (Lipinski definition) is 10. The predicted molar refractivity (Wildman–Crippen MR) is 112 cm³/mol. The van der Waals surface area contributed by atoms with Gasteiger partial charge in [0, 0.05) is 5.69 Å². The number of aromatic nitrogens is 2. The summed E-state index contributed by atoms with van der Waals surface area (Å²) in [5.41, 5.74) is 3.90. The number of azo groups is 1. The summed E-state index contributed by atoms with van der Waals surface area (Å²) in [5, 5.41) is 30.9. The molecule has 0 amide bonds. The number of carboxylic acid groups (broad SMARTS) is 1. The zero-order chi connectivity index (χ0) is 24.7. The van der Waals surface area contributed by atoms with E-state index in [1.54, 1.807) is 0 Å². The van der Waals surface area contributed by atoms with Gasteiger partial charge in [-0.15, -0.1) is 10.2 Å². The fourth-order valence-corrected chi connectivity index (χ4v) is 3.82. The molecule has 33 heavy (non-hydrogen) atoms. The third kappa shape index (κ3) is 4.82. The second-order valence-electron chi connectivity index (χ2n) is 6.56. The monoisotopic (exact) mass is 497 g/mol. The topological polar surface area (TPSA) is 235 Å². The molecular weight excluding hydrogens is 482 g/mol. The van der Waals surface area contributed by atoms with Gasteiger partial charge in [0.1, 0.15) is 10.6 Å². The van der Waals surface area contributed by atoms with Crippen LogP contribution in [-0.4, -0.2) is 51.9 Å². The van der Waals surface area contributed by atoms with Crippen molar-refractivity contribution in [1.82, 2.24) is 9.78 Å². The number of nitrogen functional groups attached to an aromatic ring is 1. The molecule has 0 bridgehead atoms. The van der Waals surface area contributed by atoms with E-state index in [0.717, 1.165) is 24.3 Å². The molecule has 0 aliphatic heterocycles. The number of anilines is 1. The standard InChI is InChI=1S/C17H15N5O9S2/c1-8-2-4-10(32(26,27)28)7-12(8)22-16(23)14(15(21-22)17(24)25)20-19-11-6-9(18)3-5-13(11)33(29,30)31/h2-7,23H,18H2,1H3,(H,24,25)(H,26,27,28)(H,29,30,31)/b20-19-. The summed E-state index contributed by atoms with van der Waals surface area (Å²) in [6.45, 7) is 1.50. The van der Waals surface area contributed by atoms with E-state index in [2.05, 4.69) is 15.3 Å². The summed E-state index contributed by atoms with van der Waals surface area (Å²) in [7, 11) is -9.37. The van der Waals surface area contributed by atoms with Crippen LogP contribution in [-0.2, 0) is 20.2 Å². The van der Waals surface area contributed by atoms with Gasteiger partial charge in [-0.3, -0.25) is 9.11 Å². The average Bonchev–Trinajstić information content (AvgIpc) is 3.01. The number of carboxylic acids is 1. The fourth-order valence-electron chi connectivity index (χ4n) is 2.72. The molecule has 3 aromatic rings. The van der Waals surface area contributed by atoms with E-state index >= 15 is 0 Å². The van der Waals surface area contributed by atoms with Crippen molar-refractivity contribution in [2.45, 2.75) is 16.7 Å². The third-order valence-electron chi connectivity index (χ3n) is 4.26. The van der Waals surface area contributed by atoms with Crippen molar-refractivity contribution in [3.63, 3.8) is 0 Å². The van der Waals surface area contributed by atoms with E-state index in [9.17, 15) is 40.9 Å². The van der Waals surface area contributed by atoms with Crippen LogP contribution in [0.2, 0.25) is 0 Å². The van der Waals surface area contributed by atoms with Gasteiger partial charge in [0.25, 0.3) is 20.2 Å². The Bertz CT molecular complexity index is 1530. The first-order valence-electron chi connectivity index (χ1n) is 8.62. The highest BCUT2D eigenvalue weighted by Crippen LogP contribution is 2.36. The van der Waals surface area contributed by atoms with Crippen LogP contribution in [0, 0.1) is 6.92 Å². The largest absolute Gasteiger partial charge is 0.492 e. The molecule has 3 rings (SSSR count). The van der Waals surface area contributed by atoms with Crippen molar-refractivity contribution >= 4 is 43.3 Å². The number of aromatic carboxylic acids is 1. The quantitative estimate of drug-likeness (QED) is 0.188. The van der Waals surface area contributed by atoms with Crippen molar-refractivity contribution in [2.24, 2.45) is 10.2 Å². The van der Waals surface area contributed by atoms with E-state index < -0.39 is 58.9 Å². The molecule has 0 aliphatic rings. The summed E-state index contributed by atoms with van der Waals surface area (Å²) < 4.78 is 65.2. The Balaban J connectivity index is 2.22. The molecule has 0 saturated carbocycles. The normalized spacial score (nSPS) is 12.3. The molecule has 1 heterocycles. The van der Waals surface area contributed by atoms with Crippen molar-refractivity contribution in [3.8, 4) is 11.6 Å². The van der Waals surface area contributed by atoms with Crippen LogP contribution in [0.3, 0.4) is 0 Å². The molecule has 0 fully saturated rings. The van der Waals surface area contributed by atoms with E-state index in [4.69, 9.17) is 5.73 Å². The van der Waals surface area contributed by atoms with Gasteiger partial charge >= 0.3 is 5.97 Å². The van der Waals surface area contributed by atoms with Gasteiger partial charge in [-0.05, 0) is 42.8 Å². The zero-order valence-corrected chi connectivity index (χ0v) is 18.1. The van der Waals surface area contributed by atoms with E-state index in [-0.39, 0.29) is 11.4 Å². The highest BCUT2D eigenvalue weighted by Gasteiger charge is 2.26. The van der Waals surface area contributed by atoms with Gasteiger partial charge in [0.05, 0.1) is 10.6 Å². The molecule has 0 atom stereocenters. The predicted octanol–water partition coefficient (Wildman–Crippen LogP) is 2.08. The van der Waals surface area contributed by atoms with Gasteiger partial charge in [-0.25, -0.2) is 4.79 Å². The summed E-state index contributed by atoms with van der Waals surface area (Å²) >= 11 is 0. The van der Waals surface area contributed by atoms with Crippen LogP contribution in [0.4, 0.5) is 17.1 Å². The van der Waals surface area contributed by atoms with Gasteiger partial charge in [-0.1, -0.05) is 6.07 Å². The number of nitrogens with zero attached hydrogens (tertiary/aromatic N) is 4. The van der Waals surface area contributed by atoms with E-state index in [0.29, 0.717) is 10.2 Å². The van der Waals surface area contributed by atoms with Crippen molar-refractivity contribution < 1.29 is 40.9 Å². The minimum atomic E-state index is -4.74. The second-order valence-corrected chi connectivity index (χ2v) is 9.37. The van der Waals surface area contributed by atoms with Gasteiger partial charge < -0.3 is 15.9 Å². The second kappa shape index (κ2) is 8.24. The molecule has 0 unspecified atom stereocenters. The molecule has 14 nitrogen and oxygen atoms in total. The first kappa shape index (κ1) is 23.8. The molecule has 2 aromatic carbocycles. The highest BCUT2D eigenvalue weighted by atomic mass is 32.2. The maximum Gasteiger partial charge on any atom is 0.358 e. The molecule has 1 aromatic heterocycles. The molecule has 0 aliphatic carbocycles. The molecule has 16 heteroatoms. The molecule has 6 N–H and O–H groups in total. The van der Waals surface area contributed by atoms with Crippen molar-refractivity contribution in [2.75, 3.05) is 5.73 Å². The third-order valence-corrected chi connectivity index (χ3v) is 6.02. The Labute approximate surface area is 186 Å². The van der Waals surface area contributed by atoms with Crippen molar-refractivity contribution in [3.05, 3.63) is 47.7 Å². The SMILES string of the molecule is Cc1ccc(S(=O)(=O)O)cc1-n1nc(C(=O)O)c(/N=N\c2cc(N)ccc2S(=O)(=O)O)c1O. The minimum absolute atomic E-state index is 0.0485. The number of benzene rings is 2. The molecule has 0 radical (unpaired) electrons. The number of carbonyl (C=O) groups is 1. The van der Waals surface area contributed by atoms with Crippen LogP contribution in [0.15, 0.2) is 56.4 Å². The van der Waals surface area contributed by atoms with Crippen LogP contribution in [0.25, 0.3) is 5.69 Å². The highest BCUT2D eigenvalue weighted by molar-refractivity contribution is 7.86. The number of rotatable bonds is 6. The molecule has 0 saturated heterocycles. The Morgan fingerprint density at radius 2 is 1.70 bits per heavy atom. The number of hydrogen-bond donors (Lipinski definition) is 5. The first-order valence-corrected chi connectivity index (χ1v) is 11.5. The summed E-state index contributed by atoms with van der Waals surface area (Å²) in [6, 6.07) is 6.47. The van der Waals surface area contributed by atoms with Crippen LogP contribution in [0.1, 0.15) is 16.1 Å². The smallest absolute Gasteiger partial charge is 0.358 e. The van der Waals surface area contributed by atoms with Crippen LogP contribution in [0.5, 0.6) is 5.88 Å². The molecular formula is C17H15N5O9S2. The maximum absolute atomic E-state index is 11.6.